The highest BCUT2D eigenvalue weighted by Crippen LogP contribution is 2.42. The van der Waals surface area contributed by atoms with E-state index in [0.29, 0.717) is 6.42 Å². The van der Waals surface area contributed by atoms with E-state index in [4.69, 9.17) is 23.7 Å². The summed E-state index contributed by atoms with van der Waals surface area (Å²) in [5, 5.41) is 0.0822. The summed E-state index contributed by atoms with van der Waals surface area (Å²) in [6, 6.07) is 0. The lowest BCUT2D eigenvalue weighted by atomic mass is 9.85. The second kappa shape index (κ2) is 6.92. The fourth-order valence-corrected chi connectivity index (χ4v) is 4.41. The predicted molar refractivity (Wildman–Crippen MR) is 96.0 cm³/mol. The molecule has 2 saturated heterocycles. The molecule has 2 aliphatic heterocycles. The summed E-state index contributed by atoms with van der Waals surface area (Å²) in [5.74, 6) is -1.22. The van der Waals surface area contributed by atoms with Gasteiger partial charge in [-0.3, -0.25) is 4.79 Å². The highest BCUT2D eigenvalue weighted by atomic mass is 28.4. The zero-order valence-corrected chi connectivity index (χ0v) is 18.0. The van der Waals surface area contributed by atoms with Gasteiger partial charge in [0.2, 0.25) is 0 Å². The summed E-state index contributed by atoms with van der Waals surface area (Å²) in [6.07, 6.45) is -0.596. The van der Waals surface area contributed by atoms with Crippen LogP contribution in [0.15, 0.2) is 0 Å². The molecule has 2 fully saturated rings. The van der Waals surface area contributed by atoms with Crippen LogP contribution in [0.2, 0.25) is 18.1 Å². The van der Waals surface area contributed by atoms with Gasteiger partial charge in [-0.1, -0.05) is 27.7 Å². The number of hydrogen-bond donors (Lipinski definition) is 0. The molecule has 0 N–H and O–H groups in total. The number of esters is 1. The fourth-order valence-electron chi connectivity index (χ4n) is 2.96. The number of cyclic esters (lactones) is 1. The molecular formula is C18H34O6Si. The molecule has 7 heteroatoms. The van der Waals surface area contributed by atoms with E-state index < -0.39 is 20.4 Å². The van der Waals surface area contributed by atoms with Gasteiger partial charge < -0.3 is 13.9 Å². The molecule has 0 spiro atoms. The third-order valence-corrected chi connectivity index (χ3v) is 10.1. The molecule has 146 valence electrons. The maximum atomic E-state index is 12.4. The Kier molecular flexibility index (Phi) is 5.77. The van der Waals surface area contributed by atoms with E-state index in [9.17, 15) is 4.79 Å². The van der Waals surface area contributed by atoms with Crippen LogP contribution >= 0.6 is 0 Å². The zero-order valence-electron chi connectivity index (χ0n) is 17.0. The predicted octanol–water partition coefficient (Wildman–Crippen LogP) is 4.01. The molecule has 0 aliphatic carbocycles. The highest BCUT2D eigenvalue weighted by molar-refractivity contribution is 6.74. The molecule has 6 nitrogen and oxygen atoms in total. The van der Waals surface area contributed by atoms with Crippen molar-refractivity contribution in [3.8, 4) is 0 Å². The molecule has 2 rings (SSSR count). The van der Waals surface area contributed by atoms with Crippen LogP contribution in [0, 0.1) is 11.8 Å². The fraction of sp³-hybridized carbons (Fsp3) is 0.944. The smallest absolute Gasteiger partial charge is 0.311 e. The number of ether oxygens (including phenoxy) is 2. The second-order valence-corrected chi connectivity index (χ2v) is 14.1. The standard InChI is InChI=1S/C18H34O6Si/c1-11-13(10-14-21-18(6,7)24-22-14)20-16(19)12(2)15(11)23-25(8,9)17(3,4)5/h11-15H,10H2,1-9H3/t11-,12+,13-,14?,15+/m1/s1. The summed E-state index contributed by atoms with van der Waals surface area (Å²) in [5.41, 5.74) is 0. The molecule has 25 heavy (non-hydrogen) atoms. The average molecular weight is 375 g/mol. The summed E-state index contributed by atoms with van der Waals surface area (Å²) in [6.45, 7) is 18.6. The topological polar surface area (TPSA) is 63.2 Å². The Morgan fingerprint density at radius 3 is 2.28 bits per heavy atom. The lowest BCUT2D eigenvalue weighted by molar-refractivity contribution is -0.323. The summed E-state index contributed by atoms with van der Waals surface area (Å²) < 4.78 is 17.9. The molecule has 0 aromatic rings. The molecular weight excluding hydrogens is 340 g/mol. The number of rotatable bonds is 4. The Hall–Kier alpha value is -0.473. The van der Waals surface area contributed by atoms with Crippen LogP contribution < -0.4 is 0 Å². The molecule has 0 bridgehead atoms. The van der Waals surface area contributed by atoms with E-state index in [1.807, 2.05) is 6.92 Å². The van der Waals surface area contributed by atoms with Gasteiger partial charge in [-0.25, -0.2) is 4.89 Å². The minimum atomic E-state index is -2.00. The molecule has 2 aliphatic rings. The van der Waals surface area contributed by atoms with Gasteiger partial charge in [0.15, 0.2) is 20.4 Å². The van der Waals surface area contributed by atoms with Gasteiger partial charge in [0.05, 0.1) is 12.0 Å². The van der Waals surface area contributed by atoms with Crippen molar-refractivity contribution in [3.63, 3.8) is 0 Å². The van der Waals surface area contributed by atoms with Crippen LogP contribution in [0.4, 0.5) is 0 Å². The maximum absolute atomic E-state index is 12.4. The van der Waals surface area contributed by atoms with Gasteiger partial charge in [0, 0.05) is 12.3 Å². The van der Waals surface area contributed by atoms with Gasteiger partial charge in [0.25, 0.3) is 0 Å². The van der Waals surface area contributed by atoms with Crippen molar-refractivity contribution in [2.45, 2.75) is 97.3 Å². The average Bonchev–Trinajstić information content (AvgIpc) is 2.79. The first-order valence-electron chi connectivity index (χ1n) is 9.14. The molecule has 2 heterocycles. The Morgan fingerprint density at radius 2 is 1.80 bits per heavy atom. The largest absolute Gasteiger partial charge is 0.461 e. The SMILES string of the molecule is C[C@H]1[C@H](O[Si](C)(C)C(C)(C)C)[C@H](C)C(=O)O[C@@H]1CC1OOC(C)(C)O1. The van der Waals surface area contributed by atoms with E-state index in [-0.39, 0.29) is 35.1 Å². The molecule has 0 radical (unpaired) electrons. The minimum absolute atomic E-state index is 0.0535. The van der Waals surface area contributed by atoms with E-state index in [0.717, 1.165) is 0 Å². The van der Waals surface area contributed by atoms with Crippen LogP contribution in [0.3, 0.4) is 0 Å². The van der Waals surface area contributed by atoms with E-state index >= 15 is 0 Å². The first-order valence-corrected chi connectivity index (χ1v) is 12.0. The summed E-state index contributed by atoms with van der Waals surface area (Å²) in [7, 11) is -2.00. The number of carbonyl (C=O) groups is 1. The lowest BCUT2D eigenvalue weighted by Gasteiger charge is -2.46. The van der Waals surface area contributed by atoms with Crippen molar-refractivity contribution in [1.29, 1.82) is 0 Å². The van der Waals surface area contributed by atoms with Gasteiger partial charge in [-0.15, -0.1) is 0 Å². The Bertz CT molecular complexity index is 498. The normalized spacial score (nSPS) is 36.4. The van der Waals surface area contributed by atoms with Crippen molar-refractivity contribution in [3.05, 3.63) is 0 Å². The molecule has 5 atom stereocenters. The van der Waals surface area contributed by atoms with E-state index in [1.54, 1.807) is 13.8 Å². The first kappa shape index (κ1) is 20.8. The monoisotopic (exact) mass is 374 g/mol. The van der Waals surface area contributed by atoms with Gasteiger partial charge in [-0.2, -0.15) is 4.89 Å². The van der Waals surface area contributed by atoms with Crippen molar-refractivity contribution in [2.75, 3.05) is 0 Å². The van der Waals surface area contributed by atoms with Crippen LogP contribution in [-0.4, -0.2) is 38.6 Å². The Morgan fingerprint density at radius 1 is 1.20 bits per heavy atom. The molecule has 0 amide bonds. The van der Waals surface area contributed by atoms with Crippen LogP contribution in [0.25, 0.3) is 0 Å². The third kappa shape index (κ3) is 4.63. The zero-order chi connectivity index (χ0) is 19.2. The summed E-state index contributed by atoms with van der Waals surface area (Å²) in [4.78, 5) is 22.8. The Balaban J connectivity index is 2.10. The lowest BCUT2D eigenvalue weighted by Crippen LogP contribution is -2.54. The van der Waals surface area contributed by atoms with Crippen molar-refractivity contribution in [2.24, 2.45) is 11.8 Å². The van der Waals surface area contributed by atoms with Gasteiger partial charge in [0.1, 0.15) is 6.10 Å². The third-order valence-electron chi connectivity index (χ3n) is 5.67. The van der Waals surface area contributed by atoms with E-state index in [1.165, 1.54) is 0 Å². The minimum Gasteiger partial charge on any atom is -0.461 e. The Labute approximate surface area is 152 Å². The maximum Gasteiger partial charge on any atom is 0.311 e. The quantitative estimate of drug-likeness (QED) is 0.421. The summed E-state index contributed by atoms with van der Waals surface area (Å²) >= 11 is 0. The van der Waals surface area contributed by atoms with Crippen molar-refractivity contribution in [1.82, 2.24) is 0 Å². The van der Waals surface area contributed by atoms with Crippen LogP contribution in [0.1, 0.15) is 54.9 Å². The van der Waals surface area contributed by atoms with Crippen molar-refractivity contribution < 1.29 is 28.5 Å². The molecule has 1 unspecified atom stereocenters. The van der Waals surface area contributed by atoms with Crippen molar-refractivity contribution >= 4 is 14.3 Å². The first-order chi connectivity index (χ1) is 11.2. The van der Waals surface area contributed by atoms with E-state index in [2.05, 4.69) is 40.8 Å². The number of carbonyl (C=O) groups excluding carboxylic acids is 1. The molecule has 0 saturated carbocycles. The van der Waals surface area contributed by atoms with Crippen LogP contribution in [-0.2, 0) is 28.5 Å². The van der Waals surface area contributed by atoms with Gasteiger partial charge >= 0.3 is 5.97 Å². The molecule has 0 aromatic heterocycles. The van der Waals surface area contributed by atoms with Crippen LogP contribution in [0.5, 0.6) is 0 Å². The van der Waals surface area contributed by atoms with Gasteiger partial charge in [-0.05, 0) is 38.9 Å². The highest BCUT2D eigenvalue weighted by Gasteiger charge is 2.49. The second-order valence-electron chi connectivity index (χ2n) is 9.33. The molecule has 0 aromatic carbocycles. The number of hydrogen-bond acceptors (Lipinski definition) is 6.